The number of amides is 1. The third-order valence-electron chi connectivity index (χ3n) is 3.84. The molecule has 2 atom stereocenters. The van der Waals surface area contributed by atoms with Gasteiger partial charge in [-0.1, -0.05) is 5.16 Å². The van der Waals surface area contributed by atoms with Gasteiger partial charge in [0.05, 0.1) is 18.6 Å². The topological polar surface area (TPSA) is 68.5 Å². The van der Waals surface area contributed by atoms with Crippen LogP contribution in [0.2, 0.25) is 0 Å². The van der Waals surface area contributed by atoms with Crippen LogP contribution in [0.25, 0.3) is 0 Å². The Labute approximate surface area is 112 Å². The summed E-state index contributed by atoms with van der Waals surface area (Å²) >= 11 is 0. The third kappa shape index (κ3) is 2.63. The number of rotatable bonds is 3. The summed E-state index contributed by atoms with van der Waals surface area (Å²) in [6.45, 7) is 3.33. The number of aryl methyl sites for hydroxylation is 1. The van der Waals surface area contributed by atoms with Crippen LogP contribution in [-0.2, 0) is 9.53 Å². The summed E-state index contributed by atoms with van der Waals surface area (Å²) in [4.78, 5) is 18.5. The van der Waals surface area contributed by atoms with Crippen LogP contribution in [0.15, 0.2) is 4.52 Å². The molecular weight excluding hydrogens is 246 g/mol. The molecule has 0 bridgehead atoms. The lowest BCUT2D eigenvalue weighted by atomic mass is 10.1. The van der Waals surface area contributed by atoms with E-state index in [-0.39, 0.29) is 18.1 Å². The van der Waals surface area contributed by atoms with Crippen LogP contribution in [0, 0.1) is 6.92 Å². The van der Waals surface area contributed by atoms with Crippen molar-refractivity contribution in [3.8, 4) is 0 Å². The summed E-state index contributed by atoms with van der Waals surface area (Å²) in [5, 5.41) is 3.95. The van der Waals surface area contributed by atoms with Crippen molar-refractivity contribution in [1.29, 1.82) is 0 Å². The fourth-order valence-corrected chi connectivity index (χ4v) is 2.90. The van der Waals surface area contributed by atoms with Crippen molar-refractivity contribution < 1.29 is 14.1 Å². The molecule has 1 aromatic heterocycles. The second kappa shape index (κ2) is 5.28. The van der Waals surface area contributed by atoms with Crippen molar-refractivity contribution in [3.63, 3.8) is 0 Å². The van der Waals surface area contributed by atoms with Crippen LogP contribution in [0.5, 0.6) is 0 Å². The molecule has 3 rings (SSSR count). The van der Waals surface area contributed by atoms with Crippen LogP contribution in [-0.4, -0.2) is 40.2 Å². The van der Waals surface area contributed by atoms with Gasteiger partial charge in [0.15, 0.2) is 5.82 Å². The van der Waals surface area contributed by atoms with E-state index in [2.05, 4.69) is 10.1 Å². The van der Waals surface area contributed by atoms with Crippen molar-refractivity contribution in [2.75, 3.05) is 13.2 Å². The molecule has 6 heteroatoms. The first kappa shape index (κ1) is 12.6. The number of carbonyl (C=O) groups is 1. The van der Waals surface area contributed by atoms with E-state index in [0.29, 0.717) is 18.1 Å². The highest BCUT2D eigenvalue weighted by Crippen LogP contribution is 2.31. The number of hydrogen-bond acceptors (Lipinski definition) is 5. The normalized spacial score (nSPS) is 27.1. The molecular formula is C13H19N3O3. The van der Waals surface area contributed by atoms with Crippen molar-refractivity contribution >= 4 is 5.91 Å². The molecule has 0 saturated carbocycles. The Bertz CT molecular complexity index is 454. The number of carbonyl (C=O) groups excluding carboxylic acids is 1. The van der Waals surface area contributed by atoms with Crippen LogP contribution < -0.4 is 0 Å². The van der Waals surface area contributed by atoms with E-state index >= 15 is 0 Å². The van der Waals surface area contributed by atoms with Gasteiger partial charge >= 0.3 is 0 Å². The summed E-state index contributed by atoms with van der Waals surface area (Å²) in [5.74, 6) is 1.33. The lowest BCUT2D eigenvalue weighted by Crippen LogP contribution is -2.33. The molecule has 0 unspecified atom stereocenters. The smallest absolute Gasteiger partial charge is 0.225 e. The Hall–Kier alpha value is -1.43. The first-order valence-corrected chi connectivity index (χ1v) is 6.95. The summed E-state index contributed by atoms with van der Waals surface area (Å²) in [6.07, 6.45) is 4.54. The molecule has 0 aromatic carbocycles. The third-order valence-corrected chi connectivity index (χ3v) is 3.84. The molecule has 0 spiro atoms. The van der Waals surface area contributed by atoms with E-state index < -0.39 is 0 Å². The van der Waals surface area contributed by atoms with E-state index in [1.807, 2.05) is 4.90 Å². The molecule has 1 aromatic rings. The summed E-state index contributed by atoms with van der Waals surface area (Å²) in [6, 6.07) is -0.0219. The number of nitrogens with zero attached hydrogens (tertiary/aromatic N) is 3. The minimum Gasteiger partial charge on any atom is -0.378 e. The highest BCUT2D eigenvalue weighted by Gasteiger charge is 2.34. The molecule has 1 amide bonds. The fourth-order valence-electron chi connectivity index (χ4n) is 2.90. The second-order valence-electron chi connectivity index (χ2n) is 5.26. The summed E-state index contributed by atoms with van der Waals surface area (Å²) in [7, 11) is 0. The quantitative estimate of drug-likeness (QED) is 0.830. The molecule has 2 fully saturated rings. The Morgan fingerprint density at radius 3 is 3.00 bits per heavy atom. The average Bonchev–Trinajstić information content (AvgIpc) is 3.07. The second-order valence-corrected chi connectivity index (χ2v) is 5.26. The number of likely N-dealkylation sites (tertiary alicyclic amines) is 1. The van der Waals surface area contributed by atoms with E-state index in [0.717, 1.165) is 38.8 Å². The summed E-state index contributed by atoms with van der Waals surface area (Å²) < 4.78 is 10.5. The first-order valence-electron chi connectivity index (χ1n) is 6.95. The maximum absolute atomic E-state index is 12.4. The van der Waals surface area contributed by atoms with E-state index in [1.165, 1.54) is 0 Å². The van der Waals surface area contributed by atoms with Crippen LogP contribution in [0.1, 0.15) is 49.9 Å². The zero-order valence-corrected chi connectivity index (χ0v) is 11.2. The highest BCUT2D eigenvalue weighted by atomic mass is 16.5. The lowest BCUT2D eigenvalue weighted by molar-refractivity contribution is -0.134. The summed E-state index contributed by atoms with van der Waals surface area (Å²) in [5.41, 5.74) is 0. The molecule has 104 valence electrons. The Morgan fingerprint density at radius 1 is 1.42 bits per heavy atom. The van der Waals surface area contributed by atoms with Gasteiger partial charge in [0, 0.05) is 20.1 Å². The number of aromatic nitrogens is 2. The SMILES string of the molecule is Cc1nc([C@H]2CCCN2C(=O)C[C@H]2CCCO2)no1. The van der Waals surface area contributed by atoms with E-state index in [4.69, 9.17) is 9.26 Å². The van der Waals surface area contributed by atoms with Gasteiger partial charge < -0.3 is 14.2 Å². The lowest BCUT2D eigenvalue weighted by Gasteiger charge is -2.23. The molecule has 0 radical (unpaired) electrons. The number of hydrogen-bond donors (Lipinski definition) is 0. The van der Waals surface area contributed by atoms with Gasteiger partial charge in [-0.25, -0.2) is 0 Å². The first-order chi connectivity index (χ1) is 9.24. The Kier molecular flexibility index (Phi) is 3.50. The highest BCUT2D eigenvalue weighted by molar-refractivity contribution is 5.77. The average molecular weight is 265 g/mol. The van der Waals surface area contributed by atoms with Crippen LogP contribution >= 0.6 is 0 Å². The maximum Gasteiger partial charge on any atom is 0.225 e. The van der Waals surface area contributed by atoms with Gasteiger partial charge in [-0.2, -0.15) is 4.98 Å². The Balaban J connectivity index is 1.66. The van der Waals surface area contributed by atoms with Gasteiger partial charge in [-0.15, -0.1) is 0 Å². The van der Waals surface area contributed by atoms with Gasteiger partial charge in [0.2, 0.25) is 11.8 Å². The molecule has 2 saturated heterocycles. The largest absolute Gasteiger partial charge is 0.378 e. The van der Waals surface area contributed by atoms with E-state index in [1.54, 1.807) is 6.92 Å². The molecule has 3 heterocycles. The van der Waals surface area contributed by atoms with Gasteiger partial charge in [0.25, 0.3) is 0 Å². The van der Waals surface area contributed by atoms with Crippen LogP contribution in [0.3, 0.4) is 0 Å². The molecule has 0 aliphatic carbocycles. The zero-order valence-electron chi connectivity index (χ0n) is 11.2. The molecule has 2 aliphatic heterocycles. The van der Waals surface area contributed by atoms with Crippen molar-refractivity contribution in [3.05, 3.63) is 11.7 Å². The van der Waals surface area contributed by atoms with Crippen molar-refractivity contribution in [1.82, 2.24) is 15.0 Å². The van der Waals surface area contributed by atoms with Crippen molar-refractivity contribution in [2.45, 2.75) is 51.2 Å². The predicted molar refractivity (Wildman–Crippen MR) is 66.3 cm³/mol. The zero-order chi connectivity index (χ0) is 13.2. The molecule has 6 nitrogen and oxygen atoms in total. The van der Waals surface area contributed by atoms with Gasteiger partial charge in [-0.05, 0) is 25.7 Å². The van der Waals surface area contributed by atoms with Crippen LogP contribution in [0.4, 0.5) is 0 Å². The fraction of sp³-hybridized carbons (Fsp3) is 0.769. The molecule has 0 N–H and O–H groups in total. The monoisotopic (exact) mass is 265 g/mol. The minimum atomic E-state index is -0.0219. The number of ether oxygens (including phenoxy) is 1. The van der Waals surface area contributed by atoms with E-state index in [9.17, 15) is 4.79 Å². The molecule has 2 aliphatic rings. The molecule has 19 heavy (non-hydrogen) atoms. The predicted octanol–water partition coefficient (Wildman–Crippen LogP) is 1.61. The Morgan fingerprint density at radius 2 is 2.32 bits per heavy atom. The minimum absolute atomic E-state index is 0.0219. The standard InChI is InChI=1S/C13H19N3O3/c1-9-14-13(15-19-9)11-5-2-6-16(11)12(17)8-10-4-3-7-18-10/h10-11H,2-8H2,1H3/t10-,11-/m1/s1. The van der Waals surface area contributed by atoms with Gasteiger partial charge in [0.1, 0.15) is 0 Å². The van der Waals surface area contributed by atoms with Gasteiger partial charge in [-0.3, -0.25) is 4.79 Å². The maximum atomic E-state index is 12.4. The van der Waals surface area contributed by atoms with Crippen molar-refractivity contribution in [2.24, 2.45) is 0 Å².